The second-order valence-corrected chi connectivity index (χ2v) is 7.27. The van der Waals surface area contributed by atoms with E-state index in [2.05, 4.69) is 5.32 Å². The van der Waals surface area contributed by atoms with Crippen LogP contribution in [0.5, 0.6) is 0 Å². The Hall–Kier alpha value is -1.89. The number of sulfone groups is 1. The number of carboxylic acids is 1. The molecule has 1 amide bonds. The van der Waals surface area contributed by atoms with Crippen LogP contribution in [0.4, 0.5) is 0 Å². The number of benzene rings is 1. The number of aliphatic carboxylic acids is 1. The molecule has 0 heterocycles. The van der Waals surface area contributed by atoms with Gasteiger partial charge in [0.25, 0.3) is 5.91 Å². The van der Waals surface area contributed by atoms with Crippen molar-refractivity contribution in [2.45, 2.75) is 44.0 Å². The third-order valence-corrected chi connectivity index (χ3v) is 4.41. The molecule has 122 valence electrons. The number of aryl methyl sites for hydroxylation is 1. The van der Waals surface area contributed by atoms with Crippen molar-refractivity contribution < 1.29 is 23.1 Å². The minimum atomic E-state index is -3.39. The summed E-state index contributed by atoms with van der Waals surface area (Å²) in [6.07, 6.45) is 1.96. The topological polar surface area (TPSA) is 101 Å². The third kappa shape index (κ3) is 5.14. The van der Waals surface area contributed by atoms with Gasteiger partial charge in [-0.3, -0.25) is 9.59 Å². The van der Waals surface area contributed by atoms with Crippen LogP contribution >= 0.6 is 0 Å². The van der Waals surface area contributed by atoms with E-state index in [9.17, 15) is 18.0 Å². The van der Waals surface area contributed by atoms with Crippen molar-refractivity contribution in [2.24, 2.45) is 0 Å². The lowest BCUT2D eigenvalue weighted by Crippen LogP contribution is -2.33. The quantitative estimate of drug-likeness (QED) is 0.793. The summed E-state index contributed by atoms with van der Waals surface area (Å²) in [7, 11) is -3.39. The fourth-order valence-electron chi connectivity index (χ4n) is 2.02. The molecule has 0 aliphatic heterocycles. The molecule has 0 saturated heterocycles. The SMILES string of the molecule is CCc1ccc(S(C)(=O)=O)cc1C(=O)NC(C)CCC(=O)O. The molecule has 6 nitrogen and oxygen atoms in total. The van der Waals surface area contributed by atoms with Gasteiger partial charge in [0.1, 0.15) is 0 Å². The van der Waals surface area contributed by atoms with Crippen molar-refractivity contribution in [3.8, 4) is 0 Å². The molecule has 0 aromatic heterocycles. The Kier molecular flexibility index (Phi) is 6.11. The Morgan fingerprint density at radius 2 is 1.95 bits per heavy atom. The highest BCUT2D eigenvalue weighted by molar-refractivity contribution is 7.90. The van der Waals surface area contributed by atoms with Gasteiger partial charge in [-0.05, 0) is 37.5 Å². The standard InChI is InChI=1S/C15H21NO5S/c1-4-11-6-7-12(22(3,20)21)9-13(11)15(19)16-10(2)5-8-14(17)18/h6-7,9-10H,4-5,8H2,1-3H3,(H,16,19)(H,17,18). The van der Waals surface area contributed by atoms with Gasteiger partial charge >= 0.3 is 5.97 Å². The monoisotopic (exact) mass is 327 g/mol. The molecule has 0 spiro atoms. The third-order valence-electron chi connectivity index (χ3n) is 3.30. The zero-order valence-corrected chi connectivity index (χ0v) is 13.7. The molecule has 2 N–H and O–H groups in total. The molecule has 0 fully saturated rings. The Balaban J connectivity index is 2.98. The lowest BCUT2D eigenvalue weighted by atomic mass is 10.0. The summed E-state index contributed by atoms with van der Waals surface area (Å²) >= 11 is 0. The largest absolute Gasteiger partial charge is 0.481 e. The second kappa shape index (κ2) is 7.40. The van der Waals surface area contributed by atoms with Gasteiger partial charge in [0.05, 0.1) is 4.90 Å². The minimum Gasteiger partial charge on any atom is -0.481 e. The van der Waals surface area contributed by atoms with Gasteiger partial charge in [0, 0.05) is 24.3 Å². The maximum Gasteiger partial charge on any atom is 0.303 e. The van der Waals surface area contributed by atoms with E-state index in [1.165, 1.54) is 12.1 Å². The molecule has 0 aliphatic carbocycles. The summed E-state index contributed by atoms with van der Waals surface area (Å²) in [4.78, 5) is 22.9. The van der Waals surface area contributed by atoms with Crippen molar-refractivity contribution in [1.29, 1.82) is 0 Å². The van der Waals surface area contributed by atoms with E-state index in [1.54, 1.807) is 13.0 Å². The number of amides is 1. The fourth-order valence-corrected chi connectivity index (χ4v) is 2.67. The molecule has 0 bridgehead atoms. The van der Waals surface area contributed by atoms with Crippen LogP contribution < -0.4 is 5.32 Å². The average Bonchev–Trinajstić information content (AvgIpc) is 2.43. The van der Waals surface area contributed by atoms with Gasteiger partial charge in [0.15, 0.2) is 9.84 Å². The number of carboxylic acid groups (broad SMARTS) is 1. The Labute approximate surface area is 130 Å². The summed E-state index contributed by atoms with van der Waals surface area (Å²) in [6.45, 7) is 3.59. The van der Waals surface area contributed by atoms with Crippen LogP contribution in [0.2, 0.25) is 0 Å². The first-order valence-corrected chi connectivity index (χ1v) is 8.90. The van der Waals surface area contributed by atoms with E-state index < -0.39 is 15.8 Å². The van der Waals surface area contributed by atoms with Gasteiger partial charge in [-0.2, -0.15) is 0 Å². The van der Waals surface area contributed by atoms with Crippen LogP contribution in [0.15, 0.2) is 23.1 Å². The first-order valence-electron chi connectivity index (χ1n) is 7.00. The van der Waals surface area contributed by atoms with E-state index in [1.807, 2.05) is 6.92 Å². The number of hydrogen-bond donors (Lipinski definition) is 2. The number of carbonyl (C=O) groups is 2. The summed E-state index contributed by atoms with van der Waals surface area (Å²) in [5.41, 5.74) is 1.06. The summed E-state index contributed by atoms with van der Waals surface area (Å²) < 4.78 is 23.2. The molecule has 0 aliphatic rings. The lowest BCUT2D eigenvalue weighted by Gasteiger charge is -2.15. The van der Waals surface area contributed by atoms with Crippen LogP contribution in [0.25, 0.3) is 0 Å². The molecule has 1 aromatic carbocycles. The van der Waals surface area contributed by atoms with E-state index in [0.29, 0.717) is 18.4 Å². The van der Waals surface area contributed by atoms with Crippen molar-refractivity contribution in [3.05, 3.63) is 29.3 Å². The second-order valence-electron chi connectivity index (χ2n) is 5.25. The van der Waals surface area contributed by atoms with Gasteiger partial charge in [-0.1, -0.05) is 13.0 Å². The Bertz CT molecular complexity index is 667. The smallest absolute Gasteiger partial charge is 0.303 e. The van der Waals surface area contributed by atoms with Crippen LogP contribution in [0.1, 0.15) is 42.6 Å². The molecular weight excluding hydrogens is 306 g/mol. The van der Waals surface area contributed by atoms with E-state index in [4.69, 9.17) is 5.11 Å². The van der Waals surface area contributed by atoms with Crippen molar-refractivity contribution in [3.63, 3.8) is 0 Å². The first kappa shape index (κ1) is 18.2. The normalized spacial score (nSPS) is 12.7. The molecule has 0 saturated carbocycles. The molecule has 1 atom stereocenters. The molecule has 0 radical (unpaired) electrons. The van der Waals surface area contributed by atoms with Gasteiger partial charge in [-0.25, -0.2) is 8.42 Å². The summed E-state index contributed by atoms with van der Waals surface area (Å²) in [6, 6.07) is 4.18. The fraction of sp³-hybridized carbons (Fsp3) is 0.467. The van der Waals surface area contributed by atoms with Crippen molar-refractivity contribution in [1.82, 2.24) is 5.32 Å². The minimum absolute atomic E-state index is 0.0362. The number of hydrogen-bond acceptors (Lipinski definition) is 4. The molecule has 1 rings (SSSR count). The molecule has 1 aromatic rings. The number of carbonyl (C=O) groups excluding carboxylic acids is 1. The molecule has 7 heteroatoms. The highest BCUT2D eigenvalue weighted by Crippen LogP contribution is 2.17. The maximum absolute atomic E-state index is 12.3. The zero-order valence-electron chi connectivity index (χ0n) is 12.9. The number of nitrogens with one attached hydrogen (secondary N) is 1. The Morgan fingerprint density at radius 3 is 2.45 bits per heavy atom. The van der Waals surface area contributed by atoms with Gasteiger partial charge < -0.3 is 10.4 Å². The molecule has 1 unspecified atom stereocenters. The van der Waals surface area contributed by atoms with Crippen LogP contribution in [-0.4, -0.2) is 37.7 Å². The average molecular weight is 327 g/mol. The van der Waals surface area contributed by atoms with Crippen LogP contribution in [0.3, 0.4) is 0 Å². The van der Waals surface area contributed by atoms with E-state index in [-0.39, 0.29) is 23.3 Å². The van der Waals surface area contributed by atoms with E-state index >= 15 is 0 Å². The van der Waals surface area contributed by atoms with Crippen molar-refractivity contribution in [2.75, 3.05) is 6.26 Å². The molecular formula is C15H21NO5S. The first-order chi connectivity index (χ1) is 10.1. The van der Waals surface area contributed by atoms with Crippen LogP contribution in [-0.2, 0) is 21.1 Å². The maximum atomic E-state index is 12.3. The summed E-state index contributed by atoms with van der Waals surface area (Å²) in [5.74, 6) is -1.31. The number of rotatable bonds is 7. The lowest BCUT2D eigenvalue weighted by molar-refractivity contribution is -0.137. The van der Waals surface area contributed by atoms with Crippen LogP contribution in [0, 0.1) is 0 Å². The highest BCUT2D eigenvalue weighted by Gasteiger charge is 2.17. The predicted octanol–water partition coefficient (Wildman–Crippen LogP) is 1.64. The Morgan fingerprint density at radius 1 is 1.32 bits per heavy atom. The zero-order chi connectivity index (χ0) is 16.9. The highest BCUT2D eigenvalue weighted by atomic mass is 32.2. The van der Waals surface area contributed by atoms with Crippen molar-refractivity contribution >= 4 is 21.7 Å². The predicted molar refractivity (Wildman–Crippen MR) is 82.7 cm³/mol. The van der Waals surface area contributed by atoms with Gasteiger partial charge in [-0.15, -0.1) is 0 Å². The molecule has 22 heavy (non-hydrogen) atoms. The van der Waals surface area contributed by atoms with Gasteiger partial charge in [0.2, 0.25) is 0 Å². The summed E-state index contributed by atoms with van der Waals surface area (Å²) in [5, 5.41) is 11.4. The van der Waals surface area contributed by atoms with E-state index in [0.717, 1.165) is 11.8 Å².